The smallest absolute Gasteiger partial charge is 0.142 e. The lowest BCUT2D eigenvalue weighted by Crippen LogP contribution is -2.12. The van der Waals surface area contributed by atoms with Gasteiger partial charge in [0.15, 0.2) is 0 Å². The Bertz CT molecular complexity index is 182. The zero-order valence-corrected chi connectivity index (χ0v) is 7.11. The molecule has 0 saturated carbocycles. The van der Waals surface area contributed by atoms with Gasteiger partial charge in [-0.15, -0.1) is 0 Å². The Morgan fingerprint density at radius 3 is 3.17 bits per heavy atom. The van der Waals surface area contributed by atoms with Gasteiger partial charge in [0.25, 0.3) is 0 Å². The maximum Gasteiger partial charge on any atom is 0.142 e. The summed E-state index contributed by atoms with van der Waals surface area (Å²) < 4.78 is 5.45. The molecular weight excluding hydrogens is 152 g/mol. The molecule has 12 heavy (non-hydrogen) atoms. The van der Waals surface area contributed by atoms with Gasteiger partial charge in [-0.1, -0.05) is 18.2 Å². The summed E-state index contributed by atoms with van der Waals surface area (Å²) in [5.41, 5.74) is 0. The lowest BCUT2D eigenvalue weighted by molar-refractivity contribution is -0.104. The third-order valence-corrected chi connectivity index (χ3v) is 1.83. The Morgan fingerprint density at radius 1 is 1.58 bits per heavy atom. The molecule has 0 aromatic heterocycles. The molecule has 0 aromatic rings. The number of allylic oxidation sites excluding steroid dienone is 2. The minimum Gasteiger partial charge on any atom is -0.370 e. The lowest BCUT2D eigenvalue weighted by atomic mass is 10.1. The second-order valence-corrected chi connectivity index (χ2v) is 2.80. The van der Waals surface area contributed by atoms with Gasteiger partial charge in [-0.2, -0.15) is 0 Å². The molecule has 0 amide bonds. The highest BCUT2D eigenvalue weighted by molar-refractivity contribution is 5.64. The predicted molar refractivity (Wildman–Crippen MR) is 47.9 cm³/mol. The first-order chi connectivity index (χ1) is 5.93. The molecule has 2 nitrogen and oxygen atoms in total. The van der Waals surface area contributed by atoms with Crippen LogP contribution in [0.4, 0.5) is 0 Å². The zero-order valence-electron chi connectivity index (χ0n) is 7.11. The van der Waals surface area contributed by atoms with Crippen molar-refractivity contribution in [3.8, 4) is 0 Å². The van der Waals surface area contributed by atoms with Crippen LogP contribution >= 0.6 is 0 Å². The number of hydrogen-bond acceptors (Lipinski definition) is 2. The standard InChI is InChI=1S/C10H14O2/c11-8-4-5-9-12-10-6-2-1-3-7-10/h2,4-6,8,10H,1,3,7,9H2/b5-4+. The first kappa shape index (κ1) is 9.20. The number of carbonyl (C=O) groups excluding carboxylic acids is 1. The maximum absolute atomic E-state index is 9.90. The fourth-order valence-electron chi connectivity index (χ4n) is 1.21. The van der Waals surface area contributed by atoms with Crippen molar-refractivity contribution in [2.75, 3.05) is 6.61 Å². The van der Waals surface area contributed by atoms with Crippen molar-refractivity contribution in [3.05, 3.63) is 24.3 Å². The molecule has 0 N–H and O–H groups in total. The van der Waals surface area contributed by atoms with E-state index in [4.69, 9.17) is 4.74 Å². The molecule has 0 aliphatic heterocycles. The third-order valence-electron chi connectivity index (χ3n) is 1.83. The minimum absolute atomic E-state index is 0.259. The third kappa shape index (κ3) is 3.49. The van der Waals surface area contributed by atoms with Crippen LogP contribution in [0.2, 0.25) is 0 Å². The number of aldehydes is 1. The summed E-state index contributed by atoms with van der Waals surface area (Å²) in [6.07, 6.45) is 11.9. The number of hydrogen-bond donors (Lipinski definition) is 0. The normalized spacial score (nSPS) is 23.2. The highest BCUT2D eigenvalue weighted by Gasteiger charge is 2.06. The molecule has 1 aliphatic carbocycles. The molecule has 0 heterocycles. The molecule has 1 atom stereocenters. The summed E-state index contributed by atoms with van der Waals surface area (Å²) in [4.78, 5) is 9.90. The average molecular weight is 166 g/mol. The van der Waals surface area contributed by atoms with Crippen LogP contribution < -0.4 is 0 Å². The number of carbonyl (C=O) groups is 1. The van der Waals surface area contributed by atoms with Gasteiger partial charge in [0.05, 0.1) is 12.7 Å². The second kappa shape index (κ2) is 5.72. The molecule has 1 aliphatic rings. The van der Waals surface area contributed by atoms with Gasteiger partial charge >= 0.3 is 0 Å². The molecule has 0 fully saturated rings. The fraction of sp³-hybridized carbons (Fsp3) is 0.500. The number of rotatable bonds is 4. The van der Waals surface area contributed by atoms with Crippen molar-refractivity contribution >= 4 is 6.29 Å². The molecule has 66 valence electrons. The average Bonchev–Trinajstić information content (AvgIpc) is 2.14. The second-order valence-electron chi connectivity index (χ2n) is 2.80. The quantitative estimate of drug-likeness (QED) is 0.362. The Morgan fingerprint density at radius 2 is 2.50 bits per heavy atom. The Labute approximate surface area is 72.9 Å². The van der Waals surface area contributed by atoms with E-state index in [0.717, 1.165) is 12.7 Å². The largest absolute Gasteiger partial charge is 0.370 e. The van der Waals surface area contributed by atoms with Gasteiger partial charge in [-0.25, -0.2) is 0 Å². The summed E-state index contributed by atoms with van der Waals surface area (Å²) in [5.74, 6) is 0. The summed E-state index contributed by atoms with van der Waals surface area (Å²) in [5, 5.41) is 0. The van der Waals surface area contributed by atoms with E-state index >= 15 is 0 Å². The Kier molecular flexibility index (Phi) is 4.39. The van der Waals surface area contributed by atoms with Crippen molar-refractivity contribution < 1.29 is 9.53 Å². The van der Waals surface area contributed by atoms with Crippen LogP contribution in [0.25, 0.3) is 0 Å². The molecule has 0 saturated heterocycles. The van der Waals surface area contributed by atoms with Gasteiger partial charge < -0.3 is 4.74 Å². The summed E-state index contributed by atoms with van der Waals surface area (Å²) in [6, 6.07) is 0. The fourth-order valence-corrected chi connectivity index (χ4v) is 1.21. The van der Waals surface area contributed by atoms with Gasteiger partial charge in [-0.3, -0.25) is 4.79 Å². The van der Waals surface area contributed by atoms with Crippen LogP contribution in [-0.4, -0.2) is 19.0 Å². The van der Waals surface area contributed by atoms with E-state index in [1.54, 1.807) is 6.08 Å². The summed E-state index contributed by atoms with van der Waals surface area (Å²) in [7, 11) is 0. The van der Waals surface area contributed by atoms with Crippen molar-refractivity contribution in [1.29, 1.82) is 0 Å². The van der Waals surface area contributed by atoms with Gasteiger partial charge in [0, 0.05) is 0 Å². The molecule has 0 bridgehead atoms. The van der Waals surface area contributed by atoms with Crippen molar-refractivity contribution in [3.63, 3.8) is 0 Å². The molecule has 2 heteroatoms. The van der Waals surface area contributed by atoms with Crippen molar-refractivity contribution in [1.82, 2.24) is 0 Å². The first-order valence-electron chi connectivity index (χ1n) is 4.32. The monoisotopic (exact) mass is 166 g/mol. The minimum atomic E-state index is 0.259. The lowest BCUT2D eigenvalue weighted by Gasteiger charge is -2.15. The molecule has 1 unspecified atom stereocenters. The van der Waals surface area contributed by atoms with E-state index in [0.29, 0.717) is 6.61 Å². The van der Waals surface area contributed by atoms with Crippen LogP contribution in [0.1, 0.15) is 19.3 Å². The zero-order chi connectivity index (χ0) is 8.65. The van der Waals surface area contributed by atoms with Crippen LogP contribution in [-0.2, 0) is 9.53 Å². The molecule has 0 radical (unpaired) electrons. The predicted octanol–water partition coefficient (Wildman–Crippen LogP) is 1.87. The van der Waals surface area contributed by atoms with Crippen LogP contribution in [0, 0.1) is 0 Å². The molecular formula is C10H14O2. The van der Waals surface area contributed by atoms with E-state index in [1.807, 2.05) is 0 Å². The Balaban J connectivity index is 2.13. The van der Waals surface area contributed by atoms with Crippen LogP contribution in [0.15, 0.2) is 24.3 Å². The van der Waals surface area contributed by atoms with E-state index in [9.17, 15) is 4.79 Å². The van der Waals surface area contributed by atoms with E-state index in [2.05, 4.69) is 12.2 Å². The highest BCUT2D eigenvalue weighted by Crippen LogP contribution is 2.12. The SMILES string of the molecule is O=C/C=C/COC1C=CCCC1. The van der Waals surface area contributed by atoms with Gasteiger partial charge in [-0.05, 0) is 25.3 Å². The van der Waals surface area contributed by atoms with Crippen LogP contribution in [0.3, 0.4) is 0 Å². The summed E-state index contributed by atoms with van der Waals surface area (Å²) >= 11 is 0. The van der Waals surface area contributed by atoms with E-state index in [-0.39, 0.29) is 6.10 Å². The first-order valence-corrected chi connectivity index (χ1v) is 4.32. The molecule has 0 aromatic carbocycles. The highest BCUT2D eigenvalue weighted by atomic mass is 16.5. The van der Waals surface area contributed by atoms with Gasteiger partial charge in [0.1, 0.15) is 6.29 Å². The molecule has 0 spiro atoms. The summed E-state index contributed by atoms with van der Waals surface area (Å²) in [6.45, 7) is 0.535. The maximum atomic E-state index is 9.90. The van der Waals surface area contributed by atoms with E-state index in [1.165, 1.54) is 18.9 Å². The Hall–Kier alpha value is -0.890. The number of ether oxygens (including phenoxy) is 1. The van der Waals surface area contributed by atoms with Crippen LogP contribution in [0.5, 0.6) is 0 Å². The van der Waals surface area contributed by atoms with E-state index < -0.39 is 0 Å². The topological polar surface area (TPSA) is 26.3 Å². The van der Waals surface area contributed by atoms with Crippen molar-refractivity contribution in [2.45, 2.75) is 25.4 Å². The molecule has 1 rings (SSSR count). The van der Waals surface area contributed by atoms with Crippen molar-refractivity contribution in [2.24, 2.45) is 0 Å². The van der Waals surface area contributed by atoms with Gasteiger partial charge in [0.2, 0.25) is 0 Å².